The minimum Gasteiger partial charge on any atom is -0.350 e. The number of carbonyl (C=O) groups excluding carboxylic acids is 1. The molecule has 0 saturated carbocycles. The zero-order valence-corrected chi connectivity index (χ0v) is 14.2. The molecule has 0 atom stereocenters. The Kier molecular flexibility index (Phi) is 4.99. The molecule has 6 heteroatoms. The molecule has 6 nitrogen and oxygen atoms in total. The molecule has 0 aliphatic rings. The van der Waals surface area contributed by atoms with Crippen LogP contribution in [0.25, 0.3) is 0 Å². The van der Waals surface area contributed by atoms with Crippen LogP contribution in [-0.2, 0) is 6.54 Å². The first-order chi connectivity index (χ1) is 12.1. The highest BCUT2D eigenvalue weighted by atomic mass is 16.2. The Bertz CT molecular complexity index is 852. The fourth-order valence-corrected chi connectivity index (χ4v) is 2.38. The van der Waals surface area contributed by atoms with Crippen molar-refractivity contribution in [3.05, 3.63) is 77.9 Å². The normalized spacial score (nSPS) is 10.3. The minimum atomic E-state index is -0.180. The van der Waals surface area contributed by atoms with Crippen molar-refractivity contribution >= 4 is 17.5 Å². The predicted octanol–water partition coefficient (Wildman–Crippen LogP) is 3.07. The van der Waals surface area contributed by atoms with Gasteiger partial charge in [-0.2, -0.15) is 0 Å². The Morgan fingerprint density at radius 3 is 2.64 bits per heavy atom. The third kappa shape index (κ3) is 4.17. The van der Waals surface area contributed by atoms with E-state index in [1.807, 2.05) is 49.4 Å². The molecule has 126 valence electrons. The number of hydrogen-bond donors (Lipinski definition) is 1. The van der Waals surface area contributed by atoms with E-state index in [0.29, 0.717) is 18.2 Å². The smallest absolute Gasteiger partial charge is 0.276 e. The second-order valence-electron chi connectivity index (χ2n) is 5.63. The standard InChI is InChI=1S/C19H19N5O/c1-14-11-17(18(25)24(2)16-8-4-3-5-9-16)23-19(22-14)21-13-15-7-6-10-20-12-15/h3-12H,13H2,1-2H3,(H,21,22,23). The average Bonchev–Trinajstić information content (AvgIpc) is 2.66. The molecule has 25 heavy (non-hydrogen) atoms. The van der Waals surface area contributed by atoms with Gasteiger partial charge in [0.2, 0.25) is 5.95 Å². The third-order valence-electron chi connectivity index (χ3n) is 3.69. The number of pyridine rings is 1. The number of aromatic nitrogens is 3. The summed E-state index contributed by atoms with van der Waals surface area (Å²) < 4.78 is 0. The van der Waals surface area contributed by atoms with Crippen molar-refractivity contribution < 1.29 is 4.79 Å². The third-order valence-corrected chi connectivity index (χ3v) is 3.69. The summed E-state index contributed by atoms with van der Waals surface area (Å²) in [5, 5.41) is 3.14. The van der Waals surface area contributed by atoms with Crippen LogP contribution in [0, 0.1) is 6.92 Å². The molecule has 3 rings (SSSR count). The molecule has 2 heterocycles. The Balaban J connectivity index is 1.78. The van der Waals surface area contributed by atoms with Crippen LogP contribution in [0.1, 0.15) is 21.7 Å². The number of anilines is 2. The van der Waals surface area contributed by atoms with Crippen LogP contribution >= 0.6 is 0 Å². The molecule has 3 aromatic rings. The number of nitrogens with zero attached hydrogens (tertiary/aromatic N) is 4. The Morgan fingerprint density at radius 2 is 1.92 bits per heavy atom. The molecule has 0 unspecified atom stereocenters. The number of rotatable bonds is 5. The molecule has 1 N–H and O–H groups in total. The quantitative estimate of drug-likeness (QED) is 0.777. The second kappa shape index (κ2) is 7.53. The van der Waals surface area contributed by atoms with Gasteiger partial charge < -0.3 is 10.2 Å². The number of amides is 1. The fourth-order valence-electron chi connectivity index (χ4n) is 2.38. The van der Waals surface area contributed by atoms with E-state index < -0.39 is 0 Å². The van der Waals surface area contributed by atoms with Gasteiger partial charge in [0.15, 0.2) is 0 Å². The zero-order valence-electron chi connectivity index (χ0n) is 14.2. The van der Waals surface area contributed by atoms with E-state index in [1.165, 1.54) is 0 Å². The number of benzene rings is 1. The van der Waals surface area contributed by atoms with Gasteiger partial charge in [-0.05, 0) is 36.8 Å². The Hall–Kier alpha value is -3.28. The first-order valence-electron chi connectivity index (χ1n) is 7.95. The van der Waals surface area contributed by atoms with Gasteiger partial charge in [-0.25, -0.2) is 9.97 Å². The van der Waals surface area contributed by atoms with Gasteiger partial charge in [0.05, 0.1) is 0 Å². The molecule has 0 fully saturated rings. The minimum absolute atomic E-state index is 0.180. The molecule has 0 aliphatic carbocycles. The number of nitrogens with one attached hydrogen (secondary N) is 1. The first kappa shape index (κ1) is 16.6. The molecular formula is C19H19N5O. The highest BCUT2D eigenvalue weighted by Crippen LogP contribution is 2.15. The average molecular weight is 333 g/mol. The lowest BCUT2D eigenvalue weighted by atomic mass is 10.2. The second-order valence-corrected chi connectivity index (χ2v) is 5.63. The van der Waals surface area contributed by atoms with Gasteiger partial charge in [0.1, 0.15) is 5.69 Å². The van der Waals surface area contributed by atoms with Crippen LogP contribution in [-0.4, -0.2) is 27.9 Å². The summed E-state index contributed by atoms with van der Waals surface area (Å²) in [6.07, 6.45) is 3.50. The maximum absolute atomic E-state index is 12.7. The molecule has 0 saturated heterocycles. The zero-order chi connectivity index (χ0) is 17.6. The predicted molar refractivity (Wildman–Crippen MR) is 97.5 cm³/mol. The van der Waals surface area contributed by atoms with Gasteiger partial charge >= 0.3 is 0 Å². The Labute approximate surface area is 146 Å². The maximum atomic E-state index is 12.7. The summed E-state index contributed by atoms with van der Waals surface area (Å²) in [5.74, 6) is 0.245. The first-order valence-corrected chi connectivity index (χ1v) is 7.95. The lowest BCUT2D eigenvalue weighted by Crippen LogP contribution is -2.27. The molecule has 0 spiro atoms. The van der Waals surface area contributed by atoms with Crippen LogP contribution in [0.3, 0.4) is 0 Å². The van der Waals surface area contributed by atoms with E-state index >= 15 is 0 Å². The van der Waals surface area contributed by atoms with E-state index in [4.69, 9.17) is 0 Å². The lowest BCUT2D eigenvalue weighted by Gasteiger charge is -2.17. The van der Waals surface area contributed by atoms with Crippen molar-refractivity contribution in [3.8, 4) is 0 Å². The highest BCUT2D eigenvalue weighted by molar-refractivity contribution is 6.04. The van der Waals surface area contributed by atoms with E-state index in [0.717, 1.165) is 16.9 Å². The van der Waals surface area contributed by atoms with Gasteiger partial charge in [-0.1, -0.05) is 24.3 Å². The SMILES string of the molecule is Cc1cc(C(=O)N(C)c2ccccc2)nc(NCc2cccnc2)n1. The van der Waals surface area contributed by atoms with Gasteiger partial charge in [0.25, 0.3) is 5.91 Å². The largest absolute Gasteiger partial charge is 0.350 e. The fraction of sp³-hybridized carbons (Fsp3) is 0.158. The van der Waals surface area contributed by atoms with Crippen molar-refractivity contribution in [1.82, 2.24) is 15.0 Å². The highest BCUT2D eigenvalue weighted by Gasteiger charge is 2.16. The van der Waals surface area contributed by atoms with Gasteiger partial charge in [-0.15, -0.1) is 0 Å². The van der Waals surface area contributed by atoms with Crippen LogP contribution in [0.4, 0.5) is 11.6 Å². The molecule has 1 aromatic carbocycles. The van der Waals surface area contributed by atoms with E-state index in [2.05, 4.69) is 20.3 Å². The summed E-state index contributed by atoms with van der Waals surface area (Å²) in [6.45, 7) is 2.38. The van der Waals surface area contributed by atoms with Crippen LogP contribution in [0.5, 0.6) is 0 Å². The summed E-state index contributed by atoms with van der Waals surface area (Å²) in [7, 11) is 1.73. The van der Waals surface area contributed by atoms with Gasteiger partial charge in [0, 0.05) is 37.4 Å². The van der Waals surface area contributed by atoms with Crippen LogP contribution in [0.15, 0.2) is 60.9 Å². The molecular weight excluding hydrogens is 314 g/mol. The van der Waals surface area contributed by atoms with Gasteiger partial charge in [-0.3, -0.25) is 9.78 Å². The monoisotopic (exact) mass is 333 g/mol. The Morgan fingerprint density at radius 1 is 1.12 bits per heavy atom. The molecule has 2 aromatic heterocycles. The molecule has 1 amide bonds. The van der Waals surface area contributed by atoms with Crippen molar-refractivity contribution in [2.75, 3.05) is 17.3 Å². The van der Waals surface area contributed by atoms with Crippen molar-refractivity contribution in [2.45, 2.75) is 13.5 Å². The lowest BCUT2D eigenvalue weighted by molar-refractivity contribution is 0.0988. The number of para-hydroxylation sites is 1. The van der Waals surface area contributed by atoms with E-state index in [9.17, 15) is 4.79 Å². The van der Waals surface area contributed by atoms with Crippen LogP contribution < -0.4 is 10.2 Å². The summed E-state index contributed by atoms with van der Waals surface area (Å²) in [5.41, 5.74) is 2.91. The summed E-state index contributed by atoms with van der Waals surface area (Å²) in [6, 6.07) is 15.0. The number of hydrogen-bond acceptors (Lipinski definition) is 5. The summed E-state index contributed by atoms with van der Waals surface area (Å²) in [4.78, 5) is 27.1. The van der Waals surface area contributed by atoms with Crippen LogP contribution in [0.2, 0.25) is 0 Å². The molecule has 0 aliphatic heterocycles. The molecule has 0 radical (unpaired) electrons. The molecule has 0 bridgehead atoms. The number of carbonyl (C=O) groups is 1. The van der Waals surface area contributed by atoms with Crippen molar-refractivity contribution in [3.63, 3.8) is 0 Å². The van der Waals surface area contributed by atoms with E-state index in [-0.39, 0.29) is 5.91 Å². The topological polar surface area (TPSA) is 71.0 Å². The van der Waals surface area contributed by atoms with Crippen molar-refractivity contribution in [2.24, 2.45) is 0 Å². The number of aryl methyl sites for hydroxylation is 1. The van der Waals surface area contributed by atoms with Crippen molar-refractivity contribution in [1.29, 1.82) is 0 Å². The van der Waals surface area contributed by atoms with E-state index in [1.54, 1.807) is 30.4 Å². The maximum Gasteiger partial charge on any atom is 0.276 e. The summed E-state index contributed by atoms with van der Waals surface area (Å²) >= 11 is 0.